The van der Waals surface area contributed by atoms with Crippen LogP contribution in [0.15, 0.2) is 0 Å². The van der Waals surface area contributed by atoms with Gasteiger partial charge in [-0.3, -0.25) is 0 Å². The molecular weight excluding hydrogens is 192 g/mol. The van der Waals surface area contributed by atoms with E-state index in [1.165, 1.54) is 0 Å². The fourth-order valence-electron chi connectivity index (χ4n) is 0.805. The van der Waals surface area contributed by atoms with Crippen LogP contribution in [0.4, 0.5) is 0 Å². The van der Waals surface area contributed by atoms with E-state index < -0.39 is 18.3 Å². The lowest BCUT2D eigenvalue weighted by atomic mass is 10.2. The van der Waals surface area contributed by atoms with Crippen LogP contribution < -0.4 is 0 Å². The lowest BCUT2D eigenvalue weighted by Crippen LogP contribution is -2.31. The standard InChI is InChI=1S/C5H9O4.C3H8O2/c6-1-4-5(8)3(7)2-9-4;1-5-3-2-4/h2-8H,1H2;4H,2-3H2,1H3/t3-,4+,5-;/m0./s1. The minimum atomic E-state index is -0.977. The summed E-state index contributed by atoms with van der Waals surface area (Å²) in [4.78, 5) is 0. The molecule has 0 aromatic carbocycles. The van der Waals surface area contributed by atoms with Gasteiger partial charge in [0.15, 0.2) is 0 Å². The Morgan fingerprint density at radius 3 is 2.14 bits per heavy atom. The van der Waals surface area contributed by atoms with Gasteiger partial charge in [0.05, 0.1) is 19.8 Å². The van der Waals surface area contributed by atoms with Crippen molar-refractivity contribution in [3.8, 4) is 0 Å². The van der Waals surface area contributed by atoms with Crippen molar-refractivity contribution in [3.63, 3.8) is 0 Å². The normalized spacial score (nSPS) is 31.1. The summed E-state index contributed by atoms with van der Waals surface area (Å²) >= 11 is 0. The highest BCUT2D eigenvalue weighted by Crippen LogP contribution is 2.16. The zero-order chi connectivity index (χ0) is 11.0. The number of aliphatic hydroxyl groups is 4. The first-order chi connectivity index (χ1) is 6.67. The summed E-state index contributed by atoms with van der Waals surface area (Å²) in [6.45, 7) is 1.41. The number of methoxy groups -OCH3 is 1. The second-order valence-electron chi connectivity index (χ2n) is 2.69. The Kier molecular flexibility index (Phi) is 7.96. The highest BCUT2D eigenvalue weighted by Gasteiger charge is 2.34. The van der Waals surface area contributed by atoms with Gasteiger partial charge in [0.2, 0.25) is 0 Å². The molecule has 0 bridgehead atoms. The summed E-state index contributed by atoms with van der Waals surface area (Å²) in [5.41, 5.74) is 0. The van der Waals surface area contributed by atoms with Crippen LogP contribution in [0.2, 0.25) is 0 Å². The van der Waals surface area contributed by atoms with E-state index in [0.717, 1.165) is 6.61 Å². The van der Waals surface area contributed by atoms with Gasteiger partial charge < -0.3 is 29.9 Å². The summed E-state index contributed by atoms with van der Waals surface area (Å²) in [5.74, 6) is 0. The molecule has 1 aliphatic heterocycles. The highest BCUT2D eigenvalue weighted by atomic mass is 16.5. The van der Waals surface area contributed by atoms with Crippen molar-refractivity contribution in [2.24, 2.45) is 0 Å². The number of ether oxygens (including phenoxy) is 2. The quantitative estimate of drug-likeness (QED) is 0.424. The van der Waals surface area contributed by atoms with E-state index in [9.17, 15) is 0 Å². The molecule has 0 aliphatic carbocycles. The van der Waals surface area contributed by atoms with Gasteiger partial charge in [0.1, 0.15) is 24.9 Å². The summed E-state index contributed by atoms with van der Waals surface area (Å²) in [5, 5.41) is 34.0. The van der Waals surface area contributed by atoms with Gasteiger partial charge in [0.25, 0.3) is 0 Å². The molecule has 85 valence electrons. The Morgan fingerprint density at radius 1 is 1.36 bits per heavy atom. The van der Waals surface area contributed by atoms with Gasteiger partial charge in [-0.25, -0.2) is 0 Å². The number of hydrogen-bond acceptors (Lipinski definition) is 6. The van der Waals surface area contributed by atoms with Gasteiger partial charge in [-0.15, -0.1) is 0 Å². The maximum Gasteiger partial charge on any atom is 0.115 e. The monoisotopic (exact) mass is 209 g/mol. The van der Waals surface area contributed by atoms with Crippen molar-refractivity contribution >= 4 is 0 Å². The third kappa shape index (κ3) is 4.85. The fourth-order valence-corrected chi connectivity index (χ4v) is 0.805. The lowest BCUT2D eigenvalue weighted by Gasteiger charge is -2.10. The Bertz CT molecular complexity index is 129. The zero-order valence-electron chi connectivity index (χ0n) is 8.04. The molecule has 0 unspecified atom stereocenters. The Hall–Kier alpha value is -0.240. The molecule has 1 rings (SSSR count). The molecule has 1 radical (unpaired) electrons. The molecule has 0 amide bonds. The van der Waals surface area contributed by atoms with E-state index >= 15 is 0 Å². The second kappa shape index (κ2) is 8.10. The molecule has 1 heterocycles. The molecule has 14 heavy (non-hydrogen) atoms. The zero-order valence-corrected chi connectivity index (χ0v) is 8.04. The molecule has 0 aromatic rings. The maximum atomic E-state index is 8.89. The van der Waals surface area contributed by atoms with E-state index in [2.05, 4.69) is 9.47 Å². The molecule has 1 fully saturated rings. The van der Waals surface area contributed by atoms with Crippen LogP contribution in [-0.2, 0) is 9.47 Å². The van der Waals surface area contributed by atoms with Gasteiger partial charge in [-0.05, 0) is 0 Å². The first-order valence-electron chi connectivity index (χ1n) is 4.23. The fraction of sp³-hybridized carbons (Fsp3) is 0.875. The molecule has 6 heteroatoms. The number of aliphatic hydroxyl groups excluding tert-OH is 4. The van der Waals surface area contributed by atoms with Crippen LogP contribution in [0.1, 0.15) is 0 Å². The van der Waals surface area contributed by atoms with Crippen LogP contribution >= 0.6 is 0 Å². The van der Waals surface area contributed by atoms with Crippen molar-refractivity contribution < 1.29 is 29.9 Å². The second-order valence-corrected chi connectivity index (χ2v) is 2.69. The van der Waals surface area contributed by atoms with Gasteiger partial charge in [-0.1, -0.05) is 0 Å². The largest absolute Gasteiger partial charge is 0.394 e. The summed E-state index contributed by atoms with van der Waals surface area (Å²) in [6.07, 6.45) is -2.59. The first-order valence-corrected chi connectivity index (χ1v) is 4.23. The van der Waals surface area contributed by atoms with Crippen molar-refractivity contribution in [1.82, 2.24) is 0 Å². The van der Waals surface area contributed by atoms with Crippen LogP contribution in [0.3, 0.4) is 0 Å². The van der Waals surface area contributed by atoms with Crippen LogP contribution in [-0.4, -0.2) is 65.7 Å². The van der Waals surface area contributed by atoms with E-state index in [4.69, 9.17) is 20.4 Å². The van der Waals surface area contributed by atoms with Crippen molar-refractivity contribution in [1.29, 1.82) is 0 Å². The Balaban J connectivity index is 0.000000292. The van der Waals surface area contributed by atoms with E-state index in [-0.39, 0.29) is 13.2 Å². The minimum absolute atomic E-state index is 0.122. The average Bonchev–Trinajstić information content (AvgIpc) is 2.50. The smallest absolute Gasteiger partial charge is 0.115 e. The predicted molar refractivity (Wildman–Crippen MR) is 47.2 cm³/mol. The Morgan fingerprint density at radius 2 is 2.00 bits per heavy atom. The summed E-state index contributed by atoms with van der Waals surface area (Å²) < 4.78 is 9.09. The third-order valence-corrected chi connectivity index (χ3v) is 1.60. The van der Waals surface area contributed by atoms with Crippen LogP contribution in [0, 0.1) is 6.61 Å². The van der Waals surface area contributed by atoms with Crippen LogP contribution in [0.5, 0.6) is 0 Å². The average molecular weight is 209 g/mol. The van der Waals surface area contributed by atoms with Crippen LogP contribution in [0.25, 0.3) is 0 Å². The van der Waals surface area contributed by atoms with E-state index in [1.54, 1.807) is 7.11 Å². The molecule has 6 nitrogen and oxygen atoms in total. The summed E-state index contributed by atoms with van der Waals surface area (Å²) in [6, 6.07) is 0. The number of rotatable bonds is 3. The van der Waals surface area contributed by atoms with Crippen molar-refractivity contribution in [2.75, 3.05) is 26.9 Å². The maximum absolute atomic E-state index is 8.89. The SMILES string of the molecule is COCCO.OC[C@H]1O[CH][C@H](O)[C@@H]1O. The molecule has 0 saturated carbocycles. The predicted octanol–water partition coefficient (Wildman–Crippen LogP) is -2.11. The minimum Gasteiger partial charge on any atom is -0.394 e. The molecule has 1 saturated heterocycles. The summed E-state index contributed by atoms with van der Waals surface area (Å²) in [7, 11) is 1.55. The number of hydrogen-bond donors (Lipinski definition) is 4. The van der Waals surface area contributed by atoms with Gasteiger partial charge >= 0.3 is 0 Å². The molecule has 0 spiro atoms. The topological polar surface area (TPSA) is 99.4 Å². The van der Waals surface area contributed by atoms with E-state index in [0.29, 0.717) is 6.61 Å². The van der Waals surface area contributed by atoms with Gasteiger partial charge in [0, 0.05) is 7.11 Å². The lowest BCUT2D eigenvalue weighted by molar-refractivity contribution is -0.00317. The van der Waals surface area contributed by atoms with Crippen molar-refractivity contribution in [3.05, 3.63) is 6.61 Å². The highest BCUT2D eigenvalue weighted by molar-refractivity contribution is 4.89. The molecule has 0 aromatic heterocycles. The first kappa shape index (κ1) is 13.8. The molecule has 3 atom stereocenters. The van der Waals surface area contributed by atoms with Gasteiger partial charge in [-0.2, -0.15) is 0 Å². The third-order valence-electron chi connectivity index (χ3n) is 1.60. The Labute approximate surface area is 82.7 Å². The molecule has 1 aliphatic rings. The van der Waals surface area contributed by atoms with Crippen molar-refractivity contribution in [2.45, 2.75) is 18.3 Å². The van der Waals surface area contributed by atoms with E-state index in [1.807, 2.05) is 0 Å². The molecule has 4 N–H and O–H groups in total. The molecular formula is C8H17O6.